The fourth-order valence-electron chi connectivity index (χ4n) is 5.45. The predicted octanol–water partition coefficient (Wildman–Crippen LogP) is 5.48. The molecule has 0 radical (unpaired) electrons. The molecule has 3 aromatic carbocycles. The summed E-state index contributed by atoms with van der Waals surface area (Å²) in [6.45, 7) is 5.90. The van der Waals surface area contributed by atoms with Crippen molar-refractivity contribution in [2.45, 2.75) is 26.8 Å². The van der Waals surface area contributed by atoms with Crippen LogP contribution in [0.2, 0.25) is 0 Å². The Bertz CT molecular complexity index is 2000. The van der Waals surface area contributed by atoms with Crippen molar-refractivity contribution in [1.82, 2.24) is 9.13 Å². The number of thiazole rings is 1. The van der Waals surface area contributed by atoms with Gasteiger partial charge < -0.3 is 9.30 Å². The number of aromatic nitrogens is 2. The normalized spacial score (nSPS) is 15.0. The summed E-state index contributed by atoms with van der Waals surface area (Å²) in [4.78, 5) is 33.1. The van der Waals surface area contributed by atoms with Crippen LogP contribution >= 0.6 is 11.3 Å². The Balaban J connectivity index is 1.59. The van der Waals surface area contributed by atoms with E-state index in [1.54, 1.807) is 23.6 Å². The van der Waals surface area contributed by atoms with Crippen molar-refractivity contribution in [1.29, 1.82) is 0 Å². The molecule has 0 saturated carbocycles. The van der Waals surface area contributed by atoms with E-state index in [0.29, 0.717) is 20.6 Å². The smallest absolute Gasteiger partial charge is 0.338 e. The van der Waals surface area contributed by atoms with Gasteiger partial charge >= 0.3 is 5.97 Å². The molecule has 0 spiro atoms. The molecule has 1 aliphatic rings. The summed E-state index contributed by atoms with van der Waals surface area (Å²) in [7, 11) is 0. The van der Waals surface area contributed by atoms with Crippen LogP contribution in [0.3, 0.4) is 0 Å². The van der Waals surface area contributed by atoms with Crippen LogP contribution < -0.4 is 14.9 Å². The highest BCUT2D eigenvalue weighted by Gasteiger charge is 2.35. The number of ether oxygens (including phenoxy) is 1. The number of esters is 1. The minimum atomic E-state index is -0.717. The van der Waals surface area contributed by atoms with Gasteiger partial charge in [0.1, 0.15) is 5.82 Å². The number of rotatable bonds is 6. The zero-order valence-corrected chi connectivity index (χ0v) is 24.2. The number of carbonyl (C=O) groups is 1. The number of halogens is 1. The lowest BCUT2D eigenvalue weighted by atomic mass is 9.93. The van der Waals surface area contributed by atoms with Gasteiger partial charge in [-0.25, -0.2) is 14.2 Å². The quantitative estimate of drug-likeness (QED) is 0.251. The topological polar surface area (TPSA) is 65.6 Å². The molecule has 3 heterocycles. The van der Waals surface area contributed by atoms with Crippen molar-refractivity contribution in [3.8, 4) is 5.69 Å². The highest BCUT2D eigenvalue weighted by atomic mass is 32.1. The molecule has 42 heavy (non-hydrogen) atoms. The van der Waals surface area contributed by atoms with Gasteiger partial charge in [-0.15, -0.1) is 0 Å². The second-order valence-corrected chi connectivity index (χ2v) is 11.0. The first-order chi connectivity index (χ1) is 20.4. The second-order valence-electron chi connectivity index (χ2n) is 9.98. The Morgan fingerprint density at radius 2 is 1.67 bits per heavy atom. The van der Waals surface area contributed by atoms with Gasteiger partial charge in [0.2, 0.25) is 0 Å². The number of aryl methyl sites for hydroxylation is 1. The molecular formula is C34H28FN3O3S. The van der Waals surface area contributed by atoms with Crippen LogP contribution in [0.4, 0.5) is 4.39 Å². The molecule has 0 bridgehead atoms. The largest absolute Gasteiger partial charge is 0.463 e. The van der Waals surface area contributed by atoms with Crippen molar-refractivity contribution >= 4 is 29.1 Å². The van der Waals surface area contributed by atoms with Crippen LogP contribution in [0.25, 0.3) is 17.5 Å². The molecule has 0 aliphatic carbocycles. The van der Waals surface area contributed by atoms with Crippen LogP contribution in [-0.2, 0) is 9.53 Å². The van der Waals surface area contributed by atoms with Crippen LogP contribution in [0, 0.1) is 19.7 Å². The van der Waals surface area contributed by atoms with E-state index in [2.05, 4.69) is 0 Å². The Kier molecular flexibility index (Phi) is 7.31. The van der Waals surface area contributed by atoms with E-state index >= 15 is 0 Å². The zero-order valence-electron chi connectivity index (χ0n) is 23.4. The molecule has 210 valence electrons. The Hall–Kier alpha value is -4.82. The Morgan fingerprint density at radius 1 is 1.00 bits per heavy atom. The number of fused-ring (bicyclic) bond motifs is 1. The first kappa shape index (κ1) is 27.4. The molecule has 8 heteroatoms. The molecule has 6 nitrogen and oxygen atoms in total. The fourth-order valence-corrected chi connectivity index (χ4v) is 6.45. The van der Waals surface area contributed by atoms with E-state index < -0.39 is 12.0 Å². The number of hydrogen-bond acceptors (Lipinski definition) is 5. The molecule has 0 amide bonds. The molecular weight excluding hydrogens is 549 g/mol. The highest BCUT2D eigenvalue weighted by Crippen LogP contribution is 2.35. The van der Waals surface area contributed by atoms with Gasteiger partial charge in [-0.3, -0.25) is 9.36 Å². The van der Waals surface area contributed by atoms with Gasteiger partial charge in [-0.1, -0.05) is 72.0 Å². The molecule has 0 fully saturated rings. The average molecular weight is 578 g/mol. The van der Waals surface area contributed by atoms with Crippen LogP contribution in [-0.4, -0.2) is 21.7 Å². The van der Waals surface area contributed by atoms with Crippen molar-refractivity contribution in [2.24, 2.45) is 4.99 Å². The summed E-state index contributed by atoms with van der Waals surface area (Å²) in [5.74, 6) is -0.807. The summed E-state index contributed by atoms with van der Waals surface area (Å²) in [5, 5.41) is 0. The van der Waals surface area contributed by atoms with Gasteiger partial charge in [0.25, 0.3) is 5.56 Å². The maximum atomic E-state index is 14.1. The summed E-state index contributed by atoms with van der Waals surface area (Å²) in [5.41, 5.74) is 5.70. The zero-order chi connectivity index (χ0) is 29.4. The Morgan fingerprint density at radius 3 is 2.33 bits per heavy atom. The van der Waals surface area contributed by atoms with E-state index in [1.807, 2.05) is 91.2 Å². The summed E-state index contributed by atoms with van der Waals surface area (Å²) >= 11 is 1.29. The van der Waals surface area contributed by atoms with Gasteiger partial charge in [-0.05, 0) is 68.3 Å². The van der Waals surface area contributed by atoms with Crippen molar-refractivity contribution in [3.63, 3.8) is 0 Å². The predicted molar refractivity (Wildman–Crippen MR) is 163 cm³/mol. The summed E-state index contributed by atoms with van der Waals surface area (Å²) < 4.78 is 23.2. The Labute approximate surface area is 246 Å². The van der Waals surface area contributed by atoms with E-state index in [0.717, 1.165) is 33.8 Å². The molecule has 0 saturated heterocycles. The van der Waals surface area contributed by atoms with E-state index in [9.17, 15) is 14.0 Å². The minimum Gasteiger partial charge on any atom is -0.463 e. The highest BCUT2D eigenvalue weighted by molar-refractivity contribution is 7.07. The van der Waals surface area contributed by atoms with E-state index in [1.165, 1.54) is 23.5 Å². The molecule has 1 unspecified atom stereocenters. The van der Waals surface area contributed by atoms with Gasteiger partial charge in [0.05, 0.1) is 28.5 Å². The molecule has 1 aliphatic heterocycles. The number of benzene rings is 3. The minimum absolute atomic E-state index is 0.194. The third-order valence-corrected chi connectivity index (χ3v) is 8.31. The number of hydrogen-bond donors (Lipinski definition) is 0. The van der Waals surface area contributed by atoms with Gasteiger partial charge in [0, 0.05) is 22.6 Å². The second kappa shape index (κ2) is 11.2. The first-order valence-electron chi connectivity index (χ1n) is 13.7. The molecule has 1 atom stereocenters. The lowest BCUT2D eigenvalue weighted by molar-refractivity contribution is -0.138. The average Bonchev–Trinajstić information content (AvgIpc) is 3.47. The molecule has 0 N–H and O–H groups in total. The van der Waals surface area contributed by atoms with Crippen LogP contribution in [0.5, 0.6) is 0 Å². The maximum absolute atomic E-state index is 14.1. The van der Waals surface area contributed by atoms with Gasteiger partial charge in [0.15, 0.2) is 4.80 Å². The van der Waals surface area contributed by atoms with Crippen molar-refractivity contribution < 1.29 is 13.9 Å². The number of nitrogens with zero attached hydrogens (tertiary/aromatic N) is 3. The molecule has 6 rings (SSSR count). The monoisotopic (exact) mass is 577 g/mol. The fraction of sp³-hybridized carbons (Fsp3) is 0.147. The van der Waals surface area contributed by atoms with Crippen molar-refractivity contribution in [2.75, 3.05) is 6.61 Å². The van der Waals surface area contributed by atoms with Crippen molar-refractivity contribution in [3.05, 3.63) is 150 Å². The van der Waals surface area contributed by atoms with Crippen LogP contribution in [0.1, 0.15) is 41.0 Å². The molecule has 5 aromatic rings. The summed E-state index contributed by atoms with van der Waals surface area (Å²) in [6, 6.07) is 26.6. The van der Waals surface area contributed by atoms with Crippen LogP contribution in [0.15, 0.2) is 106 Å². The summed E-state index contributed by atoms with van der Waals surface area (Å²) in [6.07, 6.45) is 1.87. The lowest BCUT2D eigenvalue weighted by Gasteiger charge is -2.25. The van der Waals surface area contributed by atoms with E-state index in [4.69, 9.17) is 9.73 Å². The van der Waals surface area contributed by atoms with E-state index in [-0.39, 0.29) is 18.0 Å². The number of carbonyl (C=O) groups excluding carboxylic acids is 1. The SMILES string of the molecule is CCOC(=O)C1=C(c2ccccc2)N=c2s/c(=C/c3cc(C)n(-c4ccc(F)cc4)c3C)c(=O)n2C1c1ccccc1. The third kappa shape index (κ3) is 4.84. The standard InChI is InChI=1S/C34H28FN3O3S/c1-4-41-33(40)29-30(23-11-7-5-8-12-23)36-34-38(31(29)24-13-9-6-10-14-24)32(39)28(42-34)20-25-19-21(2)37(22(25)3)27-17-15-26(35)16-18-27/h5-20,31H,4H2,1-3H3/b28-20+. The third-order valence-electron chi connectivity index (χ3n) is 7.33. The first-order valence-corrected chi connectivity index (χ1v) is 14.5. The van der Waals surface area contributed by atoms with Gasteiger partial charge in [-0.2, -0.15) is 0 Å². The maximum Gasteiger partial charge on any atom is 0.338 e. The lowest BCUT2D eigenvalue weighted by Crippen LogP contribution is -2.40. The molecule has 2 aromatic heterocycles.